The third kappa shape index (κ3) is 4.63. The summed E-state index contributed by atoms with van der Waals surface area (Å²) >= 11 is 0. The molecule has 0 atom stereocenters. The first-order chi connectivity index (χ1) is 7.43. The van der Waals surface area contributed by atoms with E-state index in [-0.39, 0.29) is 19.1 Å². The molecule has 0 heterocycles. The lowest BCUT2D eigenvalue weighted by atomic mass is 10.2. The van der Waals surface area contributed by atoms with Crippen molar-refractivity contribution < 1.29 is 22.7 Å². The van der Waals surface area contributed by atoms with Gasteiger partial charge in [-0.1, -0.05) is 0 Å². The minimum Gasteiger partial charge on any atom is -0.466 e. The van der Waals surface area contributed by atoms with E-state index in [0.29, 0.717) is 0 Å². The van der Waals surface area contributed by atoms with E-state index in [1.165, 1.54) is 0 Å². The maximum absolute atomic E-state index is 12.5. The summed E-state index contributed by atoms with van der Waals surface area (Å²) in [5.41, 5.74) is -1.03. The quantitative estimate of drug-likeness (QED) is 0.543. The second kappa shape index (κ2) is 5.32. The molecule has 1 saturated carbocycles. The smallest absolute Gasteiger partial charge is 0.429 e. The van der Waals surface area contributed by atoms with Gasteiger partial charge in [-0.05, 0) is 25.7 Å². The maximum atomic E-state index is 12.5. The number of esters is 1. The van der Waals surface area contributed by atoms with E-state index in [1.54, 1.807) is 6.92 Å². The topological polar surface area (TPSA) is 38.7 Å². The lowest BCUT2D eigenvalue weighted by Crippen LogP contribution is -2.27. The molecule has 1 aliphatic rings. The van der Waals surface area contributed by atoms with Gasteiger partial charge in [0.05, 0.1) is 13.0 Å². The number of hydrogen-bond donors (Lipinski definition) is 0. The summed E-state index contributed by atoms with van der Waals surface area (Å²) in [6.45, 7) is 1.79. The number of nitrogens with zero attached hydrogens (tertiary/aromatic N) is 1. The summed E-state index contributed by atoms with van der Waals surface area (Å²) in [6, 6.07) is 0. The van der Waals surface area contributed by atoms with Gasteiger partial charge in [0.1, 0.15) is 5.71 Å². The molecule has 0 N–H and O–H groups in total. The number of alkyl halides is 3. The van der Waals surface area contributed by atoms with E-state index in [1.807, 2.05) is 0 Å². The van der Waals surface area contributed by atoms with Gasteiger partial charge in [-0.15, -0.1) is 0 Å². The van der Waals surface area contributed by atoms with Crippen LogP contribution in [0.1, 0.15) is 26.2 Å². The van der Waals surface area contributed by atoms with E-state index >= 15 is 0 Å². The van der Waals surface area contributed by atoms with Gasteiger partial charge in [-0.2, -0.15) is 13.2 Å². The second-order valence-electron chi connectivity index (χ2n) is 3.71. The summed E-state index contributed by atoms with van der Waals surface area (Å²) in [4.78, 5) is 14.4. The van der Waals surface area contributed by atoms with E-state index in [0.717, 1.165) is 12.8 Å². The van der Waals surface area contributed by atoms with Crippen LogP contribution in [-0.4, -0.2) is 31.0 Å². The maximum Gasteiger partial charge on any atom is 0.429 e. The molecule has 3 nitrogen and oxygen atoms in total. The van der Waals surface area contributed by atoms with Crippen molar-refractivity contribution in [3.8, 4) is 0 Å². The van der Waals surface area contributed by atoms with Crippen LogP contribution in [-0.2, 0) is 9.53 Å². The van der Waals surface area contributed by atoms with Crippen LogP contribution < -0.4 is 0 Å². The van der Waals surface area contributed by atoms with E-state index in [9.17, 15) is 18.0 Å². The van der Waals surface area contributed by atoms with Crippen molar-refractivity contribution in [2.75, 3.05) is 13.2 Å². The first-order valence-electron chi connectivity index (χ1n) is 5.19. The average molecular weight is 237 g/mol. The molecule has 0 amide bonds. The molecule has 0 spiro atoms. The van der Waals surface area contributed by atoms with Gasteiger partial charge in [0, 0.05) is 6.54 Å². The number of rotatable bonds is 5. The van der Waals surface area contributed by atoms with Gasteiger partial charge in [-0.25, -0.2) is 0 Å². The zero-order valence-electron chi connectivity index (χ0n) is 9.01. The molecule has 0 aliphatic heterocycles. The highest BCUT2D eigenvalue weighted by Crippen LogP contribution is 2.30. The number of carbonyl (C=O) groups excluding carboxylic acids is 1. The predicted molar refractivity (Wildman–Crippen MR) is 52.3 cm³/mol. The Labute approximate surface area is 91.7 Å². The number of hydrogen-bond acceptors (Lipinski definition) is 3. The van der Waals surface area contributed by atoms with Crippen molar-refractivity contribution in [2.24, 2.45) is 10.9 Å². The normalized spacial score (nSPS) is 17.4. The molecular weight excluding hydrogens is 223 g/mol. The SMILES string of the molecule is CCOC(=O)C/C(=N/CC1CC1)C(F)(F)F. The van der Waals surface area contributed by atoms with Gasteiger partial charge in [-0.3, -0.25) is 9.79 Å². The van der Waals surface area contributed by atoms with Crippen molar-refractivity contribution in [2.45, 2.75) is 32.4 Å². The zero-order valence-corrected chi connectivity index (χ0v) is 9.01. The van der Waals surface area contributed by atoms with Crippen LogP contribution in [0.3, 0.4) is 0 Å². The van der Waals surface area contributed by atoms with E-state index < -0.39 is 24.3 Å². The van der Waals surface area contributed by atoms with Gasteiger partial charge in [0.25, 0.3) is 0 Å². The zero-order chi connectivity index (χ0) is 12.2. The molecule has 1 fully saturated rings. The molecule has 92 valence electrons. The van der Waals surface area contributed by atoms with Crippen molar-refractivity contribution in [1.82, 2.24) is 0 Å². The van der Waals surface area contributed by atoms with Crippen LogP contribution >= 0.6 is 0 Å². The minimum atomic E-state index is -4.54. The highest BCUT2D eigenvalue weighted by Gasteiger charge is 2.37. The van der Waals surface area contributed by atoms with Crippen molar-refractivity contribution in [3.05, 3.63) is 0 Å². The molecule has 6 heteroatoms. The first kappa shape index (κ1) is 13.0. The highest BCUT2D eigenvalue weighted by atomic mass is 19.4. The monoisotopic (exact) mass is 237 g/mol. The Kier molecular flexibility index (Phi) is 4.32. The van der Waals surface area contributed by atoms with Crippen LogP contribution in [0.15, 0.2) is 4.99 Å². The fourth-order valence-electron chi connectivity index (χ4n) is 1.13. The molecule has 0 aromatic heterocycles. The molecular formula is C10H14F3NO2. The van der Waals surface area contributed by atoms with Crippen LogP contribution in [0.5, 0.6) is 0 Å². The van der Waals surface area contributed by atoms with Crippen LogP contribution in [0.25, 0.3) is 0 Å². The molecule has 1 rings (SSSR count). The largest absolute Gasteiger partial charge is 0.466 e. The molecule has 0 aromatic rings. The summed E-state index contributed by atoms with van der Waals surface area (Å²) in [5.74, 6) is -0.617. The lowest BCUT2D eigenvalue weighted by molar-refractivity contribution is -0.142. The van der Waals surface area contributed by atoms with Gasteiger partial charge in [0.15, 0.2) is 0 Å². The third-order valence-electron chi connectivity index (χ3n) is 2.18. The van der Waals surface area contributed by atoms with Crippen molar-refractivity contribution in [3.63, 3.8) is 0 Å². The summed E-state index contributed by atoms with van der Waals surface area (Å²) in [5, 5.41) is 0. The minimum absolute atomic E-state index is 0.0760. The summed E-state index contributed by atoms with van der Waals surface area (Å²) < 4.78 is 41.8. The Balaban J connectivity index is 2.55. The predicted octanol–water partition coefficient (Wildman–Crippen LogP) is 2.35. The number of aliphatic imine (C=N–C) groups is 1. The van der Waals surface area contributed by atoms with Gasteiger partial charge < -0.3 is 4.74 Å². The second-order valence-corrected chi connectivity index (χ2v) is 3.71. The van der Waals surface area contributed by atoms with Crippen molar-refractivity contribution >= 4 is 11.7 Å². The Morgan fingerprint density at radius 1 is 1.44 bits per heavy atom. The standard InChI is InChI=1S/C10H14F3NO2/c1-2-16-9(15)5-8(10(11,12)13)14-6-7-3-4-7/h7H,2-6H2,1H3/b14-8-. The van der Waals surface area contributed by atoms with Crippen LogP contribution in [0, 0.1) is 5.92 Å². The van der Waals surface area contributed by atoms with Crippen LogP contribution in [0.2, 0.25) is 0 Å². The lowest BCUT2D eigenvalue weighted by Gasteiger charge is -2.10. The Hall–Kier alpha value is -1.07. The molecule has 0 bridgehead atoms. The summed E-state index contributed by atoms with van der Waals surface area (Å²) in [7, 11) is 0. The van der Waals surface area contributed by atoms with E-state index in [2.05, 4.69) is 9.73 Å². The molecule has 0 saturated heterocycles. The molecule has 1 aliphatic carbocycles. The summed E-state index contributed by atoms with van der Waals surface area (Å²) in [6.07, 6.45) is -3.48. The van der Waals surface area contributed by atoms with E-state index in [4.69, 9.17) is 0 Å². The number of ether oxygens (including phenoxy) is 1. The molecule has 0 radical (unpaired) electrons. The fraction of sp³-hybridized carbons (Fsp3) is 0.800. The van der Waals surface area contributed by atoms with Gasteiger partial charge >= 0.3 is 12.1 Å². The molecule has 16 heavy (non-hydrogen) atoms. The number of carbonyl (C=O) groups is 1. The fourth-order valence-corrected chi connectivity index (χ4v) is 1.13. The van der Waals surface area contributed by atoms with Crippen molar-refractivity contribution in [1.29, 1.82) is 0 Å². The Morgan fingerprint density at radius 2 is 2.06 bits per heavy atom. The third-order valence-corrected chi connectivity index (χ3v) is 2.18. The molecule has 0 aromatic carbocycles. The Morgan fingerprint density at radius 3 is 2.50 bits per heavy atom. The number of halogens is 3. The molecule has 0 unspecified atom stereocenters. The van der Waals surface area contributed by atoms with Crippen LogP contribution in [0.4, 0.5) is 13.2 Å². The first-order valence-corrected chi connectivity index (χ1v) is 5.19. The Bertz CT molecular complexity index is 282. The van der Waals surface area contributed by atoms with Gasteiger partial charge in [0.2, 0.25) is 0 Å². The average Bonchev–Trinajstić information content (AvgIpc) is 2.94. The highest BCUT2D eigenvalue weighted by molar-refractivity contribution is 6.02.